The van der Waals surface area contributed by atoms with Crippen molar-refractivity contribution in [3.05, 3.63) is 71.5 Å². The van der Waals surface area contributed by atoms with E-state index < -0.39 is 23.6 Å². The van der Waals surface area contributed by atoms with E-state index in [-0.39, 0.29) is 36.9 Å². The highest BCUT2D eigenvalue weighted by molar-refractivity contribution is 5.85. The van der Waals surface area contributed by atoms with Crippen LogP contribution in [0.5, 0.6) is 0 Å². The van der Waals surface area contributed by atoms with Crippen LogP contribution in [0.25, 0.3) is 0 Å². The van der Waals surface area contributed by atoms with Gasteiger partial charge in [-0.15, -0.1) is 0 Å². The van der Waals surface area contributed by atoms with Crippen LogP contribution in [-0.2, 0) is 37.0 Å². The number of rotatable bonds is 8. The Labute approximate surface area is 200 Å². The van der Waals surface area contributed by atoms with Gasteiger partial charge in [0.2, 0.25) is 0 Å². The SMILES string of the molecule is CC(C)NC(=O)[C@@]1(OCc2ccccc2F)C[C@@H](OCc2ccccc2)[C@@H]2OC(C)(C)O[C@@H]2C1. The van der Waals surface area contributed by atoms with Crippen LogP contribution in [0.4, 0.5) is 4.39 Å². The lowest BCUT2D eigenvalue weighted by Crippen LogP contribution is -2.60. The van der Waals surface area contributed by atoms with Crippen molar-refractivity contribution in [2.75, 3.05) is 0 Å². The Kier molecular flexibility index (Phi) is 7.38. The second-order valence-corrected chi connectivity index (χ2v) is 9.88. The average Bonchev–Trinajstić information content (AvgIpc) is 3.11. The zero-order valence-corrected chi connectivity index (χ0v) is 20.3. The number of hydrogen-bond donors (Lipinski definition) is 1. The summed E-state index contributed by atoms with van der Waals surface area (Å²) in [6, 6.07) is 16.2. The largest absolute Gasteiger partial charge is 0.371 e. The molecule has 7 heteroatoms. The van der Waals surface area contributed by atoms with Gasteiger partial charge in [-0.25, -0.2) is 4.39 Å². The molecule has 1 aliphatic heterocycles. The van der Waals surface area contributed by atoms with Crippen molar-refractivity contribution in [2.45, 2.75) is 89.5 Å². The van der Waals surface area contributed by atoms with Gasteiger partial charge in [0.05, 0.1) is 25.4 Å². The highest BCUT2D eigenvalue weighted by Gasteiger charge is 2.58. The third-order valence-electron chi connectivity index (χ3n) is 6.25. The van der Waals surface area contributed by atoms with Crippen molar-refractivity contribution < 1.29 is 28.1 Å². The lowest BCUT2D eigenvalue weighted by molar-refractivity contribution is -0.184. The molecule has 2 aliphatic rings. The van der Waals surface area contributed by atoms with Gasteiger partial charge in [-0.05, 0) is 39.3 Å². The van der Waals surface area contributed by atoms with Crippen molar-refractivity contribution in [2.24, 2.45) is 0 Å². The quantitative estimate of drug-likeness (QED) is 0.614. The third-order valence-corrected chi connectivity index (χ3v) is 6.25. The van der Waals surface area contributed by atoms with Gasteiger partial charge >= 0.3 is 0 Å². The minimum absolute atomic E-state index is 0.0365. The molecule has 0 aromatic heterocycles. The van der Waals surface area contributed by atoms with Crippen LogP contribution >= 0.6 is 0 Å². The van der Waals surface area contributed by atoms with E-state index in [0.29, 0.717) is 18.6 Å². The van der Waals surface area contributed by atoms with Gasteiger partial charge in [0.1, 0.15) is 11.9 Å². The lowest BCUT2D eigenvalue weighted by atomic mass is 9.78. The molecule has 34 heavy (non-hydrogen) atoms. The van der Waals surface area contributed by atoms with E-state index in [0.717, 1.165) is 5.56 Å². The summed E-state index contributed by atoms with van der Waals surface area (Å²) in [7, 11) is 0. The maximum atomic E-state index is 14.3. The van der Waals surface area contributed by atoms with Crippen molar-refractivity contribution in [1.82, 2.24) is 5.32 Å². The predicted molar refractivity (Wildman–Crippen MR) is 125 cm³/mol. The Bertz CT molecular complexity index is 982. The van der Waals surface area contributed by atoms with Crippen LogP contribution in [0.3, 0.4) is 0 Å². The highest BCUT2D eigenvalue weighted by Crippen LogP contribution is 2.44. The van der Waals surface area contributed by atoms with E-state index in [9.17, 15) is 9.18 Å². The highest BCUT2D eigenvalue weighted by atomic mass is 19.1. The van der Waals surface area contributed by atoms with E-state index in [4.69, 9.17) is 18.9 Å². The van der Waals surface area contributed by atoms with Gasteiger partial charge < -0.3 is 24.3 Å². The fourth-order valence-electron chi connectivity index (χ4n) is 4.71. The predicted octanol–water partition coefficient (Wildman–Crippen LogP) is 4.51. The Morgan fingerprint density at radius 2 is 1.76 bits per heavy atom. The molecule has 1 saturated carbocycles. The number of halogens is 1. The molecule has 0 spiro atoms. The topological polar surface area (TPSA) is 66.0 Å². The molecule has 1 heterocycles. The van der Waals surface area contributed by atoms with Crippen molar-refractivity contribution in [3.63, 3.8) is 0 Å². The van der Waals surface area contributed by atoms with Gasteiger partial charge in [0.25, 0.3) is 5.91 Å². The van der Waals surface area contributed by atoms with Crippen LogP contribution < -0.4 is 5.32 Å². The number of carbonyl (C=O) groups excluding carboxylic acids is 1. The van der Waals surface area contributed by atoms with Crippen molar-refractivity contribution in [3.8, 4) is 0 Å². The van der Waals surface area contributed by atoms with Gasteiger partial charge in [-0.1, -0.05) is 48.5 Å². The Hall–Kier alpha value is -2.32. The Morgan fingerprint density at radius 1 is 1.06 bits per heavy atom. The maximum absolute atomic E-state index is 14.3. The van der Waals surface area contributed by atoms with Crippen LogP contribution in [0, 0.1) is 5.82 Å². The first-order chi connectivity index (χ1) is 16.2. The van der Waals surface area contributed by atoms with Crippen molar-refractivity contribution in [1.29, 1.82) is 0 Å². The molecular weight excluding hydrogens is 437 g/mol. The fraction of sp³-hybridized carbons (Fsp3) is 0.519. The van der Waals surface area contributed by atoms with Crippen LogP contribution in [0.15, 0.2) is 54.6 Å². The first-order valence-electron chi connectivity index (χ1n) is 11.9. The minimum Gasteiger partial charge on any atom is -0.371 e. The molecule has 1 aliphatic carbocycles. The monoisotopic (exact) mass is 471 g/mol. The van der Waals surface area contributed by atoms with E-state index in [1.807, 2.05) is 58.0 Å². The second kappa shape index (κ2) is 10.1. The summed E-state index contributed by atoms with van der Waals surface area (Å²) in [6.07, 6.45) is -0.620. The normalized spacial score (nSPS) is 28.0. The summed E-state index contributed by atoms with van der Waals surface area (Å²) >= 11 is 0. The number of ether oxygens (including phenoxy) is 4. The van der Waals surface area contributed by atoms with Gasteiger partial charge in [0, 0.05) is 24.4 Å². The number of nitrogens with one attached hydrogen (secondary N) is 1. The molecular formula is C27H34FNO5. The van der Waals surface area contributed by atoms with Crippen LogP contribution in [-0.4, -0.2) is 41.6 Å². The van der Waals surface area contributed by atoms with E-state index in [2.05, 4.69) is 5.32 Å². The molecule has 184 valence electrons. The maximum Gasteiger partial charge on any atom is 0.252 e. The summed E-state index contributed by atoms with van der Waals surface area (Å²) < 4.78 is 39.3. The second-order valence-electron chi connectivity index (χ2n) is 9.88. The molecule has 2 fully saturated rings. The molecule has 0 unspecified atom stereocenters. The first kappa shape index (κ1) is 24.8. The Morgan fingerprint density at radius 3 is 2.47 bits per heavy atom. The molecule has 2 aromatic rings. The average molecular weight is 472 g/mol. The number of fused-ring (bicyclic) bond motifs is 1. The van der Waals surface area contributed by atoms with E-state index >= 15 is 0 Å². The molecule has 4 atom stereocenters. The standard InChI is InChI=1S/C27H34FNO5/c1-18(2)29-25(30)27(32-17-20-12-8-9-13-21(20)28)14-22(31-16-19-10-6-5-7-11-19)24-23(15-27)33-26(3,4)34-24/h5-13,18,22-24H,14-17H2,1-4H3,(H,29,30)/t22-,23-,24+,27-/m1/s1. The summed E-state index contributed by atoms with van der Waals surface area (Å²) in [4.78, 5) is 13.5. The molecule has 1 N–H and O–H groups in total. The number of carbonyl (C=O) groups is 1. The van der Waals surface area contributed by atoms with Crippen LogP contribution in [0.2, 0.25) is 0 Å². The Balaban J connectivity index is 1.61. The summed E-state index contributed by atoms with van der Waals surface area (Å²) in [6.45, 7) is 7.84. The molecule has 1 amide bonds. The van der Waals surface area contributed by atoms with Crippen LogP contribution in [0.1, 0.15) is 51.7 Å². The zero-order chi connectivity index (χ0) is 24.3. The molecule has 6 nitrogen and oxygen atoms in total. The molecule has 2 aromatic carbocycles. The lowest BCUT2D eigenvalue weighted by Gasteiger charge is -2.43. The summed E-state index contributed by atoms with van der Waals surface area (Å²) in [5.41, 5.74) is 0.165. The zero-order valence-electron chi connectivity index (χ0n) is 20.3. The van der Waals surface area contributed by atoms with Gasteiger partial charge in [-0.3, -0.25) is 4.79 Å². The molecule has 4 rings (SSSR count). The first-order valence-corrected chi connectivity index (χ1v) is 11.9. The minimum atomic E-state index is -1.25. The molecule has 0 bridgehead atoms. The third kappa shape index (κ3) is 5.66. The number of hydrogen-bond acceptors (Lipinski definition) is 5. The molecule has 0 radical (unpaired) electrons. The summed E-state index contributed by atoms with van der Waals surface area (Å²) in [5.74, 6) is -1.42. The molecule has 1 saturated heterocycles. The number of amides is 1. The van der Waals surface area contributed by atoms with E-state index in [1.54, 1.807) is 18.2 Å². The van der Waals surface area contributed by atoms with Gasteiger partial charge in [-0.2, -0.15) is 0 Å². The van der Waals surface area contributed by atoms with Gasteiger partial charge in [0.15, 0.2) is 11.4 Å². The fourth-order valence-corrected chi connectivity index (χ4v) is 4.71. The van der Waals surface area contributed by atoms with E-state index in [1.165, 1.54) is 6.07 Å². The van der Waals surface area contributed by atoms with Crippen molar-refractivity contribution >= 4 is 5.91 Å². The smallest absolute Gasteiger partial charge is 0.252 e. The number of benzene rings is 2. The summed E-state index contributed by atoms with van der Waals surface area (Å²) in [5, 5.41) is 2.99.